The van der Waals surface area contributed by atoms with E-state index in [2.05, 4.69) is 10.2 Å². The van der Waals surface area contributed by atoms with Crippen molar-refractivity contribution in [2.24, 2.45) is 5.92 Å². The zero-order valence-electron chi connectivity index (χ0n) is 18.0. The van der Waals surface area contributed by atoms with Crippen LogP contribution in [0.4, 0.5) is 14.5 Å². The molecule has 1 aliphatic heterocycles. The van der Waals surface area contributed by atoms with Gasteiger partial charge in [0.05, 0.1) is 5.69 Å². The second kappa shape index (κ2) is 11.6. The van der Waals surface area contributed by atoms with Crippen LogP contribution in [-0.2, 0) is 9.53 Å². The number of benzene rings is 1. The van der Waals surface area contributed by atoms with Gasteiger partial charge < -0.3 is 15.0 Å². The summed E-state index contributed by atoms with van der Waals surface area (Å²) in [5, 5.41) is 3.17. The van der Waals surface area contributed by atoms with Crippen LogP contribution < -0.4 is 10.2 Å². The number of anilines is 1. The Morgan fingerprint density at radius 2 is 1.87 bits per heavy atom. The molecule has 30 heavy (non-hydrogen) atoms. The average Bonchev–Trinajstić information content (AvgIpc) is 2.74. The summed E-state index contributed by atoms with van der Waals surface area (Å²) < 4.78 is 32.1. The van der Waals surface area contributed by atoms with Crippen molar-refractivity contribution >= 4 is 11.6 Å². The topological polar surface area (TPSA) is 44.8 Å². The van der Waals surface area contributed by atoms with Gasteiger partial charge in [-0.1, -0.05) is 0 Å². The predicted molar refractivity (Wildman–Crippen MR) is 115 cm³/mol. The Hall–Kier alpha value is -1.73. The molecule has 0 unspecified atom stereocenters. The quantitative estimate of drug-likeness (QED) is 0.617. The van der Waals surface area contributed by atoms with Crippen LogP contribution in [0.2, 0.25) is 0 Å². The number of methoxy groups -OCH3 is 1. The number of rotatable bonds is 9. The average molecular weight is 424 g/mol. The van der Waals surface area contributed by atoms with Gasteiger partial charge in [0.2, 0.25) is 5.91 Å². The van der Waals surface area contributed by atoms with Gasteiger partial charge in [-0.15, -0.1) is 0 Å². The fourth-order valence-electron chi connectivity index (χ4n) is 4.59. The third kappa shape index (κ3) is 6.91. The standard InChI is InChI=1S/C23H35F2N3O2/c1-30-16-2-3-23(29)26-20-7-4-18(5-8-20)10-11-27-12-14-28(15-13-27)22-9-6-19(24)17-21(22)25/h6,9,17-18,20H,2-5,7-8,10-16H2,1H3,(H,26,29). The van der Waals surface area contributed by atoms with Crippen LogP contribution in [0.3, 0.4) is 0 Å². The molecule has 1 N–H and O–H groups in total. The third-order valence-corrected chi connectivity index (χ3v) is 6.44. The summed E-state index contributed by atoms with van der Waals surface area (Å²) in [4.78, 5) is 16.4. The van der Waals surface area contributed by atoms with Gasteiger partial charge in [0.15, 0.2) is 0 Å². The highest BCUT2D eigenvalue weighted by molar-refractivity contribution is 5.76. The van der Waals surface area contributed by atoms with Gasteiger partial charge >= 0.3 is 0 Å². The maximum atomic E-state index is 14.0. The smallest absolute Gasteiger partial charge is 0.220 e. The zero-order chi connectivity index (χ0) is 21.3. The second-order valence-electron chi connectivity index (χ2n) is 8.59. The van der Waals surface area contributed by atoms with Crippen LogP contribution in [0, 0.1) is 17.6 Å². The van der Waals surface area contributed by atoms with Gasteiger partial charge in [0, 0.05) is 58.4 Å². The molecule has 1 aliphatic carbocycles. The van der Waals surface area contributed by atoms with Gasteiger partial charge in [-0.3, -0.25) is 9.69 Å². The van der Waals surface area contributed by atoms with E-state index in [9.17, 15) is 13.6 Å². The molecular formula is C23H35F2N3O2. The highest BCUT2D eigenvalue weighted by Crippen LogP contribution is 2.28. The number of ether oxygens (including phenoxy) is 1. The van der Waals surface area contributed by atoms with E-state index in [1.165, 1.54) is 31.4 Å². The maximum Gasteiger partial charge on any atom is 0.220 e. The summed E-state index contributed by atoms with van der Waals surface area (Å²) in [5.41, 5.74) is 0.499. The monoisotopic (exact) mass is 423 g/mol. The van der Waals surface area contributed by atoms with Crippen molar-refractivity contribution in [2.75, 3.05) is 51.3 Å². The predicted octanol–water partition coefficient (Wildman–Crippen LogP) is 3.58. The summed E-state index contributed by atoms with van der Waals surface area (Å²) >= 11 is 0. The van der Waals surface area contributed by atoms with E-state index in [4.69, 9.17) is 4.74 Å². The molecule has 1 saturated heterocycles. The highest BCUT2D eigenvalue weighted by Gasteiger charge is 2.24. The lowest BCUT2D eigenvalue weighted by molar-refractivity contribution is -0.122. The normalized spacial score (nSPS) is 22.8. The lowest BCUT2D eigenvalue weighted by Gasteiger charge is -2.37. The van der Waals surface area contributed by atoms with Gasteiger partial charge in [-0.2, -0.15) is 0 Å². The summed E-state index contributed by atoms with van der Waals surface area (Å²) in [6, 6.07) is 4.14. The van der Waals surface area contributed by atoms with Crippen LogP contribution in [0.15, 0.2) is 18.2 Å². The molecule has 1 heterocycles. The summed E-state index contributed by atoms with van der Waals surface area (Å²) in [5.74, 6) is -0.147. The van der Waals surface area contributed by atoms with Crippen molar-refractivity contribution in [1.29, 1.82) is 0 Å². The number of hydrogen-bond acceptors (Lipinski definition) is 4. The third-order valence-electron chi connectivity index (χ3n) is 6.44. The van der Waals surface area contributed by atoms with Crippen molar-refractivity contribution in [3.8, 4) is 0 Å². The molecule has 1 saturated carbocycles. The van der Waals surface area contributed by atoms with E-state index in [1.54, 1.807) is 7.11 Å². The van der Waals surface area contributed by atoms with E-state index in [0.717, 1.165) is 64.0 Å². The number of nitrogens with one attached hydrogen (secondary N) is 1. The first-order valence-electron chi connectivity index (χ1n) is 11.3. The maximum absolute atomic E-state index is 14.0. The fraction of sp³-hybridized carbons (Fsp3) is 0.696. The molecule has 0 bridgehead atoms. The van der Waals surface area contributed by atoms with Crippen LogP contribution in [0.25, 0.3) is 0 Å². The van der Waals surface area contributed by atoms with Gasteiger partial charge in [0.1, 0.15) is 11.6 Å². The van der Waals surface area contributed by atoms with Crippen molar-refractivity contribution in [1.82, 2.24) is 10.2 Å². The lowest BCUT2D eigenvalue weighted by atomic mass is 9.84. The van der Waals surface area contributed by atoms with E-state index in [-0.39, 0.29) is 5.91 Å². The van der Waals surface area contributed by atoms with Crippen LogP contribution >= 0.6 is 0 Å². The van der Waals surface area contributed by atoms with Crippen LogP contribution in [0.1, 0.15) is 44.9 Å². The largest absolute Gasteiger partial charge is 0.385 e. The Bertz CT molecular complexity index is 672. The number of nitrogens with zero attached hydrogens (tertiary/aromatic N) is 2. The number of hydrogen-bond donors (Lipinski definition) is 1. The van der Waals surface area contributed by atoms with Gasteiger partial charge in [-0.05, 0) is 63.1 Å². The van der Waals surface area contributed by atoms with Crippen LogP contribution in [0.5, 0.6) is 0 Å². The molecule has 2 aliphatic rings. The zero-order valence-corrected chi connectivity index (χ0v) is 18.0. The molecule has 7 heteroatoms. The summed E-state index contributed by atoms with van der Waals surface area (Å²) in [7, 11) is 1.66. The van der Waals surface area contributed by atoms with Crippen molar-refractivity contribution < 1.29 is 18.3 Å². The number of carbonyl (C=O) groups is 1. The molecule has 5 nitrogen and oxygen atoms in total. The molecule has 1 amide bonds. The molecule has 2 fully saturated rings. The molecule has 0 aromatic heterocycles. The Labute approximate surface area is 178 Å². The SMILES string of the molecule is COCCCC(=O)NC1CCC(CCN2CCN(c3ccc(F)cc3F)CC2)CC1. The number of amides is 1. The molecule has 0 radical (unpaired) electrons. The van der Waals surface area contributed by atoms with Crippen molar-refractivity contribution in [2.45, 2.75) is 51.0 Å². The molecule has 168 valence electrons. The van der Waals surface area contributed by atoms with E-state index in [1.807, 2.05) is 4.90 Å². The van der Waals surface area contributed by atoms with Crippen LogP contribution in [-0.4, -0.2) is 63.3 Å². The van der Waals surface area contributed by atoms with E-state index in [0.29, 0.717) is 24.8 Å². The summed E-state index contributed by atoms with van der Waals surface area (Å²) in [6.45, 7) is 5.05. The summed E-state index contributed by atoms with van der Waals surface area (Å²) in [6.07, 6.45) is 6.98. The first-order valence-corrected chi connectivity index (χ1v) is 11.3. The number of piperazine rings is 1. The first-order chi connectivity index (χ1) is 14.5. The molecular weight excluding hydrogens is 388 g/mol. The molecule has 0 spiro atoms. The Balaban J connectivity index is 1.31. The van der Waals surface area contributed by atoms with E-state index >= 15 is 0 Å². The molecule has 1 aromatic carbocycles. The minimum Gasteiger partial charge on any atom is -0.385 e. The lowest BCUT2D eigenvalue weighted by Crippen LogP contribution is -2.47. The number of halogens is 2. The Morgan fingerprint density at radius 1 is 1.13 bits per heavy atom. The number of carbonyl (C=O) groups excluding carboxylic acids is 1. The first kappa shape index (κ1) is 22.9. The molecule has 1 aromatic rings. The minimum atomic E-state index is -0.532. The van der Waals surface area contributed by atoms with Gasteiger partial charge in [0.25, 0.3) is 0 Å². The van der Waals surface area contributed by atoms with E-state index < -0.39 is 11.6 Å². The van der Waals surface area contributed by atoms with Crippen molar-refractivity contribution in [3.63, 3.8) is 0 Å². The minimum absolute atomic E-state index is 0.144. The van der Waals surface area contributed by atoms with Crippen molar-refractivity contribution in [3.05, 3.63) is 29.8 Å². The molecule has 3 rings (SSSR count). The van der Waals surface area contributed by atoms with Gasteiger partial charge in [-0.25, -0.2) is 8.78 Å². The Kier molecular flexibility index (Phi) is 8.88. The fourth-order valence-corrected chi connectivity index (χ4v) is 4.59. The molecule has 0 atom stereocenters. The Morgan fingerprint density at radius 3 is 2.53 bits per heavy atom. The second-order valence-corrected chi connectivity index (χ2v) is 8.59. The highest BCUT2D eigenvalue weighted by atomic mass is 19.1.